The third-order valence-electron chi connectivity index (χ3n) is 2.79. The maximum Gasteiger partial charge on any atom is 0.111 e. The summed E-state index contributed by atoms with van der Waals surface area (Å²) in [5.41, 5.74) is -0.880. The molecule has 0 bridgehead atoms. The Labute approximate surface area is 56.5 Å². The first kappa shape index (κ1) is 7.04. The minimum Gasteiger partial charge on any atom is -0.244 e. The fourth-order valence-corrected chi connectivity index (χ4v) is 1.52. The van der Waals surface area contributed by atoms with Gasteiger partial charge in [-0.15, -0.1) is 0 Å². The van der Waals surface area contributed by atoms with E-state index in [4.69, 9.17) is 0 Å². The van der Waals surface area contributed by atoms with Crippen molar-refractivity contribution in [1.29, 1.82) is 0 Å². The number of alkyl halides is 1. The van der Waals surface area contributed by atoms with Crippen LogP contribution in [0.2, 0.25) is 0 Å². The number of rotatable bonds is 2. The van der Waals surface area contributed by atoms with Gasteiger partial charge >= 0.3 is 0 Å². The Balaban J connectivity index is 2.60. The standard InChI is InChI=1S/C8H15F/c1-4-8(5-6-8)7(2,3)9/h4-6H2,1-3H3. The predicted octanol–water partition coefficient (Wildman–Crippen LogP) is 2.92. The molecular formula is C8H15F. The topological polar surface area (TPSA) is 0 Å². The highest BCUT2D eigenvalue weighted by Crippen LogP contribution is 2.57. The van der Waals surface area contributed by atoms with Crippen LogP contribution in [0.1, 0.15) is 40.0 Å². The Morgan fingerprint density at radius 1 is 1.44 bits per heavy atom. The van der Waals surface area contributed by atoms with Crippen LogP contribution < -0.4 is 0 Å². The molecule has 0 aromatic heterocycles. The van der Waals surface area contributed by atoms with Gasteiger partial charge in [0.25, 0.3) is 0 Å². The zero-order valence-electron chi connectivity index (χ0n) is 6.50. The molecule has 0 N–H and O–H groups in total. The lowest BCUT2D eigenvalue weighted by atomic mass is 9.87. The van der Waals surface area contributed by atoms with Crippen molar-refractivity contribution in [2.75, 3.05) is 0 Å². The lowest BCUT2D eigenvalue weighted by molar-refractivity contribution is 0.102. The van der Waals surface area contributed by atoms with Gasteiger partial charge in [0.1, 0.15) is 5.67 Å². The van der Waals surface area contributed by atoms with Gasteiger partial charge in [0.2, 0.25) is 0 Å². The zero-order valence-corrected chi connectivity index (χ0v) is 6.50. The van der Waals surface area contributed by atoms with Gasteiger partial charge in [-0.3, -0.25) is 0 Å². The molecule has 0 amide bonds. The first-order valence-corrected chi connectivity index (χ1v) is 3.71. The van der Waals surface area contributed by atoms with Crippen LogP contribution in [0.5, 0.6) is 0 Å². The van der Waals surface area contributed by atoms with E-state index in [1.165, 1.54) is 0 Å². The van der Waals surface area contributed by atoms with Crippen LogP contribution >= 0.6 is 0 Å². The summed E-state index contributed by atoms with van der Waals surface area (Å²) in [6.07, 6.45) is 3.18. The van der Waals surface area contributed by atoms with Crippen molar-refractivity contribution in [3.8, 4) is 0 Å². The molecule has 0 heterocycles. The lowest BCUT2D eigenvalue weighted by Gasteiger charge is -2.24. The van der Waals surface area contributed by atoms with Crippen LogP contribution in [0.25, 0.3) is 0 Å². The molecule has 0 aliphatic heterocycles. The maximum absolute atomic E-state index is 13.2. The van der Waals surface area contributed by atoms with E-state index >= 15 is 0 Å². The average molecular weight is 130 g/mol. The van der Waals surface area contributed by atoms with Crippen LogP contribution in [0.4, 0.5) is 4.39 Å². The van der Waals surface area contributed by atoms with Crippen molar-refractivity contribution in [2.24, 2.45) is 5.41 Å². The summed E-state index contributed by atoms with van der Waals surface area (Å²) >= 11 is 0. The summed E-state index contributed by atoms with van der Waals surface area (Å²) in [5, 5.41) is 0. The maximum atomic E-state index is 13.2. The Kier molecular flexibility index (Phi) is 1.34. The van der Waals surface area contributed by atoms with Gasteiger partial charge in [0.15, 0.2) is 0 Å². The fourth-order valence-electron chi connectivity index (χ4n) is 1.52. The summed E-state index contributed by atoms with van der Waals surface area (Å²) < 4.78 is 13.2. The molecule has 0 aromatic rings. The van der Waals surface area contributed by atoms with Crippen LogP contribution in [0.3, 0.4) is 0 Å². The quantitative estimate of drug-likeness (QED) is 0.539. The molecule has 0 radical (unpaired) electrons. The number of hydrogen-bond acceptors (Lipinski definition) is 0. The first-order chi connectivity index (χ1) is 4.02. The molecule has 1 rings (SSSR count). The van der Waals surface area contributed by atoms with Crippen LogP contribution in [-0.4, -0.2) is 5.67 Å². The summed E-state index contributed by atoms with van der Waals surface area (Å²) in [7, 11) is 0. The second-order valence-corrected chi connectivity index (χ2v) is 3.61. The monoisotopic (exact) mass is 130 g/mol. The highest BCUT2D eigenvalue weighted by Gasteiger charge is 2.53. The minimum absolute atomic E-state index is 0.0625. The molecule has 1 fully saturated rings. The molecule has 0 spiro atoms. The van der Waals surface area contributed by atoms with Crippen molar-refractivity contribution in [2.45, 2.75) is 45.7 Å². The molecule has 0 unspecified atom stereocenters. The Bertz CT molecular complexity index is 106. The van der Waals surface area contributed by atoms with Gasteiger partial charge in [0, 0.05) is 5.41 Å². The van der Waals surface area contributed by atoms with Gasteiger partial charge in [-0.05, 0) is 33.1 Å². The summed E-state index contributed by atoms with van der Waals surface area (Å²) in [6, 6.07) is 0. The lowest BCUT2D eigenvalue weighted by Crippen LogP contribution is -2.26. The highest BCUT2D eigenvalue weighted by molar-refractivity contribution is 5.03. The Morgan fingerprint density at radius 3 is 1.89 bits per heavy atom. The molecule has 0 nitrogen and oxygen atoms in total. The van der Waals surface area contributed by atoms with Gasteiger partial charge in [-0.2, -0.15) is 0 Å². The van der Waals surface area contributed by atoms with Crippen molar-refractivity contribution in [1.82, 2.24) is 0 Å². The van der Waals surface area contributed by atoms with Crippen LogP contribution in [0, 0.1) is 5.41 Å². The SMILES string of the molecule is CCC1(C(C)(C)F)CC1. The molecule has 9 heavy (non-hydrogen) atoms. The normalized spacial score (nSPS) is 24.0. The van der Waals surface area contributed by atoms with Crippen molar-refractivity contribution < 1.29 is 4.39 Å². The Hall–Kier alpha value is -0.0700. The molecular weight excluding hydrogens is 115 g/mol. The van der Waals surface area contributed by atoms with Gasteiger partial charge in [-0.1, -0.05) is 6.92 Å². The van der Waals surface area contributed by atoms with E-state index in [1.807, 2.05) is 0 Å². The van der Waals surface area contributed by atoms with E-state index in [-0.39, 0.29) is 5.41 Å². The second-order valence-electron chi connectivity index (χ2n) is 3.61. The Morgan fingerprint density at radius 2 is 1.89 bits per heavy atom. The predicted molar refractivity (Wildman–Crippen MR) is 37.1 cm³/mol. The van der Waals surface area contributed by atoms with Gasteiger partial charge < -0.3 is 0 Å². The molecule has 0 aromatic carbocycles. The summed E-state index contributed by atoms with van der Waals surface area (Å²) in [5.74, 6) is 0. The van der Waals surface area contributed by atoms with E-state index in [0.717, 1.165) is 19.3 Å². The zero-order chi connectivity index (χ0) is 7.12. The second kappa shape index (κ2) is 1.71. The number of hydrogen-bond donors (Lipinski definition) is 0. The highest BCUT2D eigenvalue weighted by atomic mass is 19.1. The molecule has 54 valence electrons. The third-order valence-corrected chi connectivity index (χ3v) is 2.79. The molecule has 1 saturated carbocycles. The van der Waals surface area contributed by atoms with Crippen molar-refractivity contribution >= 4 is 0 Å². The molecule has 1 heteroatoms. The van der Waals surface area contributed by atoms with Crippen LogP contribution in [0.15, 0.2) is 0 Å². The largest absolute Gasteiger partial charge is 0.244 e. The minimum atomic E-state index is -0.943. The van der Waals surface area contributed by atoms with E-state index in [0.29, 0.717) is 0 Å². The molecule has 0 atom stereocenters. The summed E-state index contributed by atoms with van der Waals surface area (Å²) in [4.78, 5) is 0. The summed E-state index contributed by atoms with van der Waals surface area (Å²) in [6.45, 7) is 5.47. The van der Waals surface area contributed by atoms with E-state index in [1.54, 1.807) is 13.8 Å². The van der Waals surface area contributed by atoms with Crippen LogP contribution in [-0.2, 0) is 0 Å². The molecule has 1 aliphatic carbocycles. The van der Waals surface area contributed by atoms with E-state index in [9.17, 15) is 4.39 Å². The van der Waals surface area contributed by atoms with Gasteiger partial charge in [0.05, 0.1) is 0 Å². The van der Waals surface area contributed by atoms with E-state index in [2.05, 4.69) is 6.92 Å². The number of halogens is 1. The van der Waals surface area contributed by atoms with Crippen molar-refractivity contribution in [3.63, 3.8) is 0 Å². The molecule has 0 saturated heterocycles. The van der Waals surface area contributed by atoms with Crippen molar-refractivity contribution in [3.05, 3.63) is 0 Å². The first-order valence-electron chi connectivity index (χ1n) is 3.71. The third kappa shape index (κ3) is 0.973. The smallest absolute Gasteiger partial charge is 0.111 e. The fraction of sp³-hybridized carbons (Fsp3) is 1.00. The van der Waals surface area contributed by atoms with Gasteiger partial charge in [-0.25, -0.2) is 4.39 Å². The average Bonchev–Trinajstić information content (AvgIpc) is 2.40. The molecule has 1 aliphatic rings. The van der Waals surface area contributed by atoms with E-state index < -0.39 is 5.67 Å².